The number of thiocarbonyl (C=S) groups is 1. The van der Waals surface area contributed by atoms with E-state index in [1.54, 1.807) is 6.20 Å². The van der Waals surface area contributed by atoms with Crippen molar-refractivity contribution in [1.82, 2.24) is 4.98 Å². The molecule has 1 aliphatic rings. The number of hydrogen-bond acceptors (Lipinski definition) is 3. The Morgan fingerprint density at radius 1 is 1.59 bits per heavy atom. The third-order valence-corrected chi connectivity index (χ3v) is 3.66. The van der Waals surface area contributed by atoms with Crippen LogP contribution in [0.4, 0.5) is 5.82 Å². The van der Waals surface area contributed by atoms with Crippen molar-refractivity contribution in [3.8, 4) is 0 Å². The zero-order valence-corrected chi connectivity index (χ0v) is 11.0. The maximum Gasteiger partial charge on any atom is 0.126 e. The van der Waals surface area contributed by atoms with Crippen LogP contribution in [0.25, 0.3) is 0 Å². The van der Waals surface area contributed by atoms with Crippen LogP contribution in [0.1, 0.15) is 38.2 Å². The van der Waals surface area contributed by atoms with Crippen LogP contribution >= 0.6 is 12.2 Å². The highest BCUT2D eigenvalue weighted by Gasteiger charge is 2.41. The highest BCUT2D eigenvalue weighted by Crippen LogP contribution is 2.49. The average Bonchev–Trinajstić information content (AvgIpc) is 3.08. The first-order chi connectivity index (χ1) is 8.15. The summed E-state index contributed by atoms with van der Waals surface area (Å²) in [6, 6.07) is 3.76. The second-order valence-corrected chi connectivity index (χ2v) is 5.34. The molecule has 2 rings (SSSR count). The average molecular weight is 249 g/mol. The standard InChI is InChI=1S/C13H19N3S/c1-2-4-13(5-6-13)9-16-11-8-10(12(14)17)3-7-15-11/h3,7-8H,2,4-6,9H2,1H3,(H2,14,17)(H,15,16). The van der Waals surface area contributed by atoms with E-state index in [0.29, 0.717) is 10.4 Å². The Hall–Kier alpha value is -1.16. The van der Waals surface area contributed by atoms with E-state index >= 15 is 0 Å². The minimum atomic E-state index is 0.421. The second kappa shape index (κ2) is 5.00. The predicted octanol–water partition coefficient (Wildman–Crippen LogP) is 2.71. The summed E-state index contributed by atoms with van der Waals surface area (Å²) in [6.07, 6.45) is 6.97. The summed E-state index contributed by atoms with van der Waals surface area (Å²) in [6.45, 7) is 3.25. The molecular formula is C13H19N3S. The van der Waals surface area contributed by atoms with Crippen molar-refractivity contribution in [2.45, 2.75) is 32.6 Å². The lowest BCUT2D eigenvalue weighted by atomic mass is 10.0. The Morgan fingerprint density at radius 2 is 2.35 bits per heavy atom. The van der Waals surface area contributed by atoms with Crippen molar-refractivity contribution in [2.24, 2.45) is 11.1 Å². The topological polar surface area (TPSA) is 50.9 Å². The van der Waals surface area contributed by atoms with Crippen LogP contribution in [0.5, 0.6) is 0 Å². The number of anilines is 1. The van der Waals surface area contributed by atoms with Crippen LogP contribution in [0, 0.1) is 5.41 Å². The Morgan fingerprint density at radius 3 is 2.94 bits per heavy atom. The van der Waals surface area contributed by atoms with Crippen molar-refractivity contribution in [3.63, 3.8) is 0 Å². The van der Waals surface area contributed by atoms with Crippen LogP contribution in [0.3, 0.4) is 0 Å². The van der Waals surface area contributed by atoms with Crippen molar-refractivity contribution in [1.29, 1.82) is 0 Å². The zero-order valence-electron chi connectivity index (χ0n) is 10.2. The smallest absolute Gasteiger partial charge is 0.126 e. The van der Waals surface area contributed by atoms with E-state index in [4.69, 9.17) is 18.0 Å². The summed E-state index contributed by atoms with van der Waals surface area (Å²) in [5.74, 6) is 0.873. The molecular weight excluding hydrogens is 230 g/mol. The second-order valence-electron chi connectivity index (χ2n) is 4.90. The largest absolute Gasteiger partial charge is 0.389 e. The van der Waals surface area contributed by atoms with Crippen LogP contribution in [-0.2, 0) is 0 Å². The molecule has 1 fully saturated rings. The van der Waals surface area contributed by atoms with Crippen molar-refractivity contribution in [2.75, 3.05) is 11.9 Å². The minimum Gasteiger partial charge on any atom is -0.389 e. The molecule has 1 aromatic heterocycles. The highest BCUT2D eigenvalue weighted by molar-refractivity contribution is 7.80. The monoisotopic (exact) mass is 249 g/mol. The Balaban J connectivity index is 1.95. The summed E-state index contributed by atoms with van der Waals surface area (Å²) in [5.41, 5.74) is 7.00. The van der Waals surface area contributed by atoms with Crippen LogP contribution in [0.2, 0.25) is 0 Å². The molecule has 0 amide bonds. The SMILES string of the molecule is CCCC1(CNc2cc(C(N)=S)ccn2)CC1. The fourth-order valence-electron chi connectivity index (χ4n) is 2.18. The van der Waals surface area contributed by atoms with Gasteiger partial charge in [0.15, 0.2) is 0 Å². The van der Waals surface area contributed by atoms with E-state index in [9.17, 15) is 0 Å². The Kier molecular flexibility index (Phi) is 3.62. The number of aromatic nitrogens is 1. The molecule has 1 aliphatic carbocycles. The van der Waals surface area contributed by atoms with Gasteiger partial charge in [0.1, 0.15) is 10.8 Å². The van der Waals surface area contributed by atoms with Gasteiger partial charge in [0.2, 0.25) is 0 Å². The van der Waals surface area contributed by atoms with Crippen molar-refractivity contribution < 1.29 is 0 Å². The van der Waals surface area contributed by atoms with Crippen LogP contribution in [-0.4, -0.2) is 16.5 Å². The van der Waals surface area contributed by atoms with Gasteiger partial charge >= 0.3 is 0 Å². The van der Waals surface area contributed by atoms with E-state index in [-0.39, 0.29) is 0 Å². The van der Waals surface area contributed by atoms with Gasteiger partial charge < -0.3 is 11.1 Å². The maximum absolute atomic E-state index is 5.60. The van der Waals surface area contributed by atoms with Gasteiger partial charge in [-0.1, -0.05) is 25.6 Å². The van der Waals surface area contributed by atoms with Crippen LogP contribution in [0.15, 0.2) is 18.3 Å². The zero-order chi connectivity index (χ0) is 12.3. The molecule has 0 saturated heterocycles. The van der Waals surface area contributed by atoms with Crippen molar-refractivity contribution in [3.05, 3.63) is 23.9 Å². The summed E-state index contributed by atoms with van der Waals surface area (Å²) in [7, 11) is 0. The third kappa shape index (κ3) is 3.16. The molecule has 92 valence electrons. The van der Waals surface area contributed by atoms with E-state index in [2.05, 4.69) is 17.2 Å². The Labute approximate surface area is 108 Å². The fraction of sp³-hybridized carbons (Fsp3) is 0.538. The van der Waals surface area contributed by atoms with E-state index < -0.39 is 0 Å². The quantitative estimate of drug-likeness (QED) is 0.761. The Bertz CT molecular complexity index is 413. The van der Waals surface area contributed by atoms with Crippen LogP contribution < -0.4 is 11.1 Å². The van der Waals surface area contributed by atoms with Gasteiger partial charge in [0.25, 0.3) is 0 Å². The van der Waals surface area contributed by atoms with E-state index in [1.165, 1.54) is 25.7 Å². The van der Waals surface area contributed by atoms with Crippen molar-refractivity contribution >= 4 is 23.0 Å². The van der Waals surface area contributed by atoms with Gasteiger partial charge in [0, 0.05) is 18.3 Å². The fourth-order valence-corrected chi connectivity index (χ4v) is 2.31. The molecule has 0 spiro atoms. The molecule has 4 heteroatoms. The molecule has 3 nitrogen and oxygen atoms in total. The lowest BCUT2D eigenvalue weighted by Gasteiger charge is -2.15. The summed E-state index contributed by atoms with van der Waals surface area (Å²) in [4.78, 5) is 4.71. The molecule has 1 aromatic rings. The highest BCUT2D eigenvalue weighted by atomic mass is 32.1. The molecule has 0 unspecified atom stereocenters. The number of nitrogens with one attached hydrogen (secondary N) is 1. The van der Waals surface area contributed by atoms with Gasteiger partial charge in [-0.2, -0.15) is 0 Å². The maximum atomic E-state index is 5.60. The van der Waals surface area contributed by atoms with E-state index in [1.807, 2.05) is 12.1 Å². The number of rotatable bonds is 6. The normalized spacial score (nSPS) is 16.5. The first kappa shape index (κ1) is 12.3. The molecule has 3 N–H and O–H groups in total. The molecule has 0 radical (unpaired) electrons. The molecule has 0 aromatic carbocycles. The first-order valence-corrected chi connectivity index (χ1v) is 6.56. The van der Waals surface area contributed by atoms with E-state index in [0.717, 1.165) is 17.9 Å². The van der Waals surface area contributed by atoms with Gasteiger partial charge in [-0.3, -0.25) is 0 Å². The van der Waals surface area contributed by atoms with Gasteiger partial charge in [-0.15, -0.1) is 0 Å². The first-order valence-electron chi connectivity index (χ1n) is 6.15. The minimum absolute atomic E-state index is 0.421. The number of nitrogens with two attached hydrogens (primary N) is 1. The molecule has 1 saturated carbocycles. The summed E-state index contributed by atoms with van der Waals surface area (Å²) < 4.78 is 0. The predicted molar refractivity (Wildman–Crippen MR) is 75.2 cm³/mol. The molecule has 0 bridgehead atoms. The summed E-state index contributed by atoms with van der Waals surface area (Å²) >= 11 is 4.96. The molecule has 0 aliphatic heterocycles. The number of hydrogen-bond donors (Lipinski definition) is 2. The molecule has 0 atom stereocenters. The van der Waals surface area contributed by atoms with Gasteiger partial charge in [0.05, 0.1) is 0 Å². The number of nitrogens with zero attached hydrogens (tertiary/aromatic N) is 1. The third-order valence-electron chi connectivity index (χ3n) is 3.43. The lowest BCUT2D eigenvalue weighted by molar-refractivity contribution is 0.485. The molecule has 1 heterocycles. The number of pyridine rings is 1. The molecule has 17 heavy (non-hydrogen) atoms. The van der Waals surface area contributed by atoms with Gasteiger partial charge in [-0.05, 0) is 36.8 Å². The summed E-state index contributed by atoms with van der Waals surface area (Å²) in [5, 5.41) is 3.40. The lowest BCUT2D eigenvalue weighted by Crippen LogP contribution is -2.16. The van der Waals surface area contributed by atoms with Gasteiger partial charge in [-0.25, -0.2) is 4.98 Å².